The van der Waals surface area contributed by atoms with E-state index < -0.39 is 0 Å². The van der Waals surface area contributed by atoms with Crippen LogP contribution in [-0.4, -0.2) is 5.54 Å². The summed E-state index contributed by atoms with van der Waals surface area (Å²) < 4.78 is 0. The van der Waals surface area contributed by atoms with Gasteiger partial charge in [0.1, 0.15) is 0 Å². The van der Waals surface area contributed by atoms with Crippen LogP contribution in [0, 0.1) is 6.92 Å². The highest BCUT2D eigenvalue weighted by molar-refractivity contribution is 5.25. The molecule has 0 aliphatic heterocycles. The summed E-state index contributed by atoms with van der Waals surface area (Å²) in [6, 6.07) is 8.58. The standard InChI is InChI=1S/C12H17N/c1-10-5-3-4-6-11(10)9-13-12(2)7-8-12/h3-6,13H,7-9H2,1-2H3. The van der Waals surface area contributed by atoms with Gasteiger partial charge in [-0.2, -0.15) is 0 Å². The van der Waals surface area contributed by atoms with Crippen LogP contribution < -0.4 is 5.32 Å². The molecule has 1 heteroatoms. The molecule has 2 rings (SSSR count). The Morgan fingerprint density at radius 2 is 2.00 bits per heavy atom. The van der Waals surface area contributed by atoms with E-state index in [9.17, 15) is 0 Å². The van der Waals surface area contributed by atoms with Crippen molar-refractivity contribution in [1.82, 2.24) is 5.32 Å². The van der Waals surface area contributed by atoms with E-state index in [0.717, 1.165) is 6.54 Å². The largest absolute Gasteiger partial charge is 0.307 e. The summed E-state index contributed by atoms with van der Waals surface area (Å²) in [6.45, 7) is 5.49. The van der Waals surface area contributed by atoms with E-state index in [1.54, 1.807) is 0 Å². The predicted octanol–water partition coefficient (Wildman–Crippen LogP) is 2.64. The summed E-state index contributed by atoms with van der Waals surface area (Å²) in [5.41, 5.74) is 3.26. The van der Waals surface area contributed by atoms with Crippen LogP contribution in [0.15, 0.2) is 24.3 Å². The normalized spacial score (nSPS) is 18.6. The van der Waals surface area contributed by atoms with E-state index in [2.05, 4.69) is 43.4 Å². The molecule has 70 valence electrons. The van der Waals surface area contributed by atoms with Gasteiger partial charge >= 0.3 is 0 Å². The monoisotopic (exact) mass is 175 g/mol. The van der Waals surface area contributed by atoms with E-state index in [4.69, 9.17) is 0 Å². The van der Waals surface area contributed by atoms with Crippen molar-refractivity contribution in [2.24, 2.45) is 0 Å². The Labute approximate surface area is 80.2 Å². The first-order chi connectivity index (χ1) is 6.20. The van der Waals surface area contributed by atoms with E-state index >= 15 is 0 Å². The zero-order valence-corrected chi connectivity index (χ0v) is 8.43. The van der Waals surface area contributed by atoms with Crippen LogP contribution in [-0.2, 0) is 6.54 Å². The highest BCUT2D eigenvalue weighted by Crippen LogP contribution is 2.34. The number of nitrogens with one attached hydrogen (secondary N) is 1. The molecule has 0 saturated heterocycles. The first kappa shape index (κ1) is 8.76. The van der Waals surface area contributed by atoms with Gasteiger partial charge in [0.25, 0.3) is 0 Å². The quantitative estimate of drug-likeness (QED) is 0.744. The van der Waals surface area contributed by atoms with E-state index in [0.29, 0.717) is 5.54 Å². The van der Waals surface area contributed by atoms with Crippen LogP contribution in [0.3, 0.4) is 0 Å². The van der Waals surface area contributed by atoms with E-state index in [1.165, 1.54) is 24.0 Å². The van der Waals surface area contributed by atoms with Crippen LogP contribution >= 0.6 is 0 Å². The third kappa shape index (κ3) is 2.10. The van der Waals surface area contributed by atoms with Gasteiger partial charge in [-0.15, -0.1) is 0 Å². The SMILES string of the molecule is Cc1ccccc1CNC1(C)CC1. The van der Waals surface area contributed by atoms with Crippen LogP contribution in [0.5, 0.6) is 0 Å². The molecule has 1 N–H and O–H groups in total. The Balaban J connectivity index is 1.97. The molecule has 0 atom stereocenters. The molecule has 0 amide bonds. The Hall–Kier alpha value is -0.820. The first-order valence-corrected chi connectivity index (χ1v) is 4.99. The van der Waals surface area contributed by atoms with Crippen LogP contribution in [0.1, 0.15) is 30.9 Å². The molecule has 1 saturated carbocycles. The molecule has 0 unspecified atom stereocenters. The lowest BCUT2D eigenvalue weighted by Crippen LogP contribution is -2.27. The molecular weight excluding hydrogens is 158 g/mol. The number of aryl methyl sites for hydroxylation is 1. The average molecular weight is 175 g/mol. The zero-order valence-electron chi connectivity index (χ0n) is 8.43. The van der Waals surface area contributed by atoms with E-state index in [-0.39, 0.29) is 0 Å². The third-order valence-corrected chi connectivity index (χ3v) is 2.97. The second-order valence-corrected chi connectivity index (χ2v) is 4.34. The van der Waals surface area contributed by atoms with Crippen LogP contribution in [0.4, 0.5) is 0 Å². The lowest BCUT2D eigenvalue weighted by atomic mass is 10.1. The van der Waals surface area contributed by atoms with Gasteiger partial charge in [-0.1, -0.05) is 24.3 Å². The fourth-order valence-corrected chi connectivity index (χ4v) is 1.48. The highest BCUT2D eigenvalue weighted by Gasteiger charge is 2.36. The minimum atomic E-state index is 0.447. The van der Waals surface area contributed by atoms with Gasteiger partial charge in [0.2, 0.25) is 0 Å². The number of hydrogen-bond donors (Lipinski definition) is 1. The second kappa shape index (κ2) is 3.15. The van der Waals surface area contributed by atoms with Gasteiger partial charge in [0.05, 0.1) is 0 Å². The molecule has 0 spiro atoms. The molecule has 1 aromatic carbocycles. The summed E-state index contributed by atoms with van der Waals surface area (Å²) >= 11 is 0. The fraction of sp³-hybridized carbons (Fsp3) is 0.500. The minimum Gasteiger partial charge on any atom is -0.307 e. The Kier molecular flexibility index (Phi) is 2.12. The van der Waals surface area contributed by atoms with Crippen LogP contribution in [0.2, 0.25) is 0 Å². The first-order valence-electron chi connectivity index (χ1n) is 4.99. The van der Waals surface area contributed by atoms with Gasteiger partial charge in [0, 0.05) is 12.1 Å². The van der Waals surface area contributed by atoms with Crippen molar-refractivity contribution in [2.45, 2.75) is 38.8 Å². The summed E-state index contributed by atoms with van der Waals surface area (Å²) in [5, 5.41) is 3.59. The smallest absolute Gasteiger partial charge is 0.0213 e. The molecule has 0 aromatic heterocycles. The van der Waals surface area contributed by atoms with Gasteiger partial charge in [-0.3, -0.25) is 0 Å². The molecule has 1 aliphatic carbocycles. The predicted molar refractivity (Wildman–Crippen MR) is 55.7 cm³/mol. The summed E-state index contributed by atoms with van der Waals surface area (Å²) in [6.07, 6.45) is 2.66. The Morgan fingerprint density at radius 1 is 1.31 bits per heavy atom. The molecule has 1 aromatic rings. The van der Waals surface area contributed by atoms with Gasteiger partial charge in [-0.25, -0.2) is 0 Å². The van der Waals surface area contributed by atoms with Crippen molar-refractivity contribution in [3.8, 4) is 0 Å². The van der Waals surface area contributed by atoms with Crippen LogP contribution in [0.25, 0.3) is 0 Å². The Bertz CT molecular complexity index is 300. The fourth-order valence-electron chi connectivity index (χ4n) is 1.48. The third-order valence-electron chi connectivity index (χ3n) is 2.97. The van der Waals surface area contributed by atoms with Gasteiger partial charge in [0.15, 0.2) is 0 Å². The molecule has 1 nitrogen and oxygen atoms in total. The lowest BCUT2D eigenvalue weighted by Gasteiger charge is -2.12. The molecule has 13 heavy (non-hydrogen) atoms. The average Bonchev–Trinajstić information content (AvgIpc) is 2.83. The summed E-state index contributed by atoms with van der Waals surface area (Å²) in [7, 11) is 0. The van der Waals surface area contributed by atoms with E-state index in [1.807, 2.05) is 0 Å². The van der Waals surface area contributed by atoms with Crippen molar-refractivity contribution in [1.29, 1.82) is 0 Å². The minimum absolute atomic E-state index is 0.447. The summed E-state index contributed by atoms with van der Waals surface area (Å²) in [4.78, 5) is 0. The Morgan fingerprint density at radius 3 is 2.62 bits per heavy atom. The van der Waals surface area contributed by atoms with Crippen molar-refractivity contribution in [3.05, 3.63) is 35.4 Å². The number of rotatable bonds is 3. The maximum atomic E-state index is 3.59. The molecule has 0 bridgehead atoms. The number of benzene rings is 1. The highest BCUT2D eigenvalue weighted by atomic mass is 15.0. The van der Waals surface area contributed by atoms with Crippen molar-refractivity contribution in [2.75, 3.05) is 0 Å². The molecule has 1 fully saturated rings. The maximum absolute atomic E-state index is 3.59. The van der Waals surface area contributed by atoms with Gasteiger partial charge < -0.3 is 5.32 Å². The van der Waals surface area contributed by atoms with Crippen molar-refractivity contribution in [3.63, 3.8) is 0 Å². The van der Waals surface area contributed by atoms with Gasteiger partial charge in [-0.05, 0) is 37.8 Å². The topological polar surface area (TPSA) is 12.0 Å². The molecule has 0 radical (unpaired) electrons. The second-order valence-electron chi connectivity index (χ2n) is 4.34. The molecular formula is C12H17N. The van der Waals surface area contributed by atoms with Crippen molar-refractivity contribution < 1.29 is 0 Å². The van der Waals surface area contributed by atoms with Crippen molar-refractivity contribution >= 4 is 0 Å². The summed E-state index contributed by atoms with van der Waals surface area (Å²) in [5.74, 6) is 0. The molecule has 1 aliphatic rings. The maximum Gasteiger partial charge on any atom is 0.0213 e. The number of hydrogen-bond acceptors (Lipinski definition) is 1. The zero-order chi connectivity index (χ0) is 9.31. The molecule has 0 heterocycles. The lowest BCUT2D eigenvalue weighted by molar-refractivity contribution is 0.537.